The maximum atomic E-state index is 12.5. The first-order valence-electron chi connectivity index (χ1n) is 7.54. The Morgan fingerprint density at radius 2 is 2.11 bits per heavy atom. The SMILES string of the molecule is CC(C)CN1CC(C(=O)N2CCCC(C)C2)CC1=O. The van der Waals surface area contributed by atoms with Crippen LogP contribution in [0.3, 0.4) is 0 Å². The van der Waals surface area contributed by atoms with Crippen LogP contribution in [-0.4, -0.2) is 47.8 Å². The van der Waals surface area contributed by atoms with Crippen LogP contribution in [0.15, 0.2) is 0 Å². The molecule has 2 atom stereocenters. The molecule has 108 valence electrons. The second kappa shape index (κ2) is 5.93. The van der Waals surface area contributed by atoms with Crippen molar-refractivity contribution in [3.63, 3.8) is 0 Å². The van der Waals surface area contributed by atoms with E-state index in [0.717, 1.165) is 26.1 Å². The summed E-state index contributed by atoms with van der Waals surface area (Å²) in [7, 11) is 0. The fourth-order valence-electron chi connectivity index (χ4n) is 3.20. The lowest BCUT2D eigenvalue weighted by molar-refractivity contribution is -0.137. The van der Waals surface area contributed by atoms with Crippen LogP contribution >= 0.6 is 0 Å². The number of nitrogens with zero attached hydrogens (tertiary/aromatic N) is 2. The smallest absolute Gasteiger partial charge is 0.228 e. The van der Waals surface area contributed by atoms with Gasteiger partial charge < -0.3 is 9.80 Å². The van der Waals surface area contributed by atoms with Crippen molar-refractivity contribution in [3.8, 4) is 0 Å². The largest absolute Gasteiger partial charge is 0.342 e. The molecule has 2 saturated heterocycles. The summed E-state index contributed by atoms with van der Waals surface area (Å²) in [4.78, 5) is 28.2. The molecule has 0 aromatic carbocycles. The van der Waals surface area contributed by atoms with Gasteiger partial charge in [0.25, 0.3) is 0 Å². The first-order chi connectivity index (χ1) is 8.97. The second-order valence-electron chi connectivity index (χ2n) is 6.63. The van der Waals surface area contributed by atoms with Crippen LogP contribution in [0.2, 0.25) is 0 Å². The Kier molecular flexibility index (Phi) is 4.48. The van der Waals surface area contributed by atoms with Gasteiger partial charge in [-0.15, -0.1) is 0 Å². The molecule has 2 rings (SSSR count). The van der Waals surface area contributed by atoms with Gasteiger partial charge in [0.1, 0.15) is 0 Å². The fraction of sp³-hybridized carbons (Fsp3) is 0.867. The van der Waals surface area contributed by atoms with Crippen LogP contribution in [0.5, 0.6) is 0 Å². The first-order valence-corrected chi connectivity index (χ1v) is 7.54. The van der Waals surface area contributed by atoms with Crippen molar-refractivity contribution in [2.24, 2.45) is 17.8 Å². The van der Waals surface area contributed by atoms with Gasteiger partial charge in [0.15, 0.2) is 0 Å². The summed E-state index contributed by atoms with van der Waals surface area (Å²) in [6.07, 6.45) is 2.73. The molecule has 2 heterocycles. The van der Waals surface area contributed by atoms with E-state index in [-0.39, 0.29) is 17.7 Å². The van der Waals surface area contributed by atoms with Crippen LogP contribution in [-0.2, 0) is 9.59 Å². The van der Waals surface area contributed by atoms with Gasteiger partial charge in [-0.1, -0.05) is 20.8 Å². The van der Waals surface area contributed by atoms with E-state index < -0.39 is 0 Å². The Labute approximate surface area is 116 Å². The van der Waals surface area contributed by atoms with Crippen LogP contribution in [0.4, 0.5) is 0 Å². The highest BCUT2D eigenvalue weighted by atomic mass is 16.2. The topological polar surface area (TPSA) is 40.6 Å². The Bertz CT molecular complexity index is 354. The zero-order chi connectivity index (χ0) is 14.0. The summed E-state index contributed by atoms with van der Waals surface area (Å²) in [5, 5.41) is 0. The molecule has 2 unspecified atom stereocenters. The monoisotopic (exact) mass is 266 g/mol. The lowest BCUT2D eigenvalue weighted by atomic mass is 9.98. The average molecular weight is 266 g/mol. The molecule has 4 nitrogen and oxygen atoms in total. The molecule has 0 bridgehead atoms. The Hall–Kier alpha value is -1.06. The highest BCUT2D eigenvalue weighted by Crippen LogP contribution is 2.24. The molecule has 0 aromatic rings. The van der Waals surface area contributed by atoms with Crippen LogP contribution in [0.1, 0.15) is 40.0 Å². The summed E-state index contributed by atoms with van der Waals surface area (Å²) >= 11 is 0. The van der Waals surface area contributed by atoms with E-state index in [1.54, 1.807) is 0 Å². The molecule has 0 N–H and O–H groups in total. The first kappa shape index (κ1) is 14.4. The van der Waals surface area contributed by atoms with Gasteiger partial charge in [-0.05, 0) is 24.7 Å². The number of carbonyl (C=O) groups is 2. The number of likely N-dealkylation sites (tertiary alicyclic amines) is 2. The third kappa shape index (κ3) is 3.48. The third-order valence-corrected chi connectivity index (χ3v) is 4.12. The van der Waals surface area contributed by atoms with E-state index in [9.17, 15) is 9.59 Å². The highest BCUT2D eigenvalue weighted by molar-refractivity contribution is 5.89. The minimum atomic E-state index is -0.100. The molecule has 0 spiro atoms. The molecule has 2 fully saturated rings. The van der Waals surface area contributed by atoms with E-state index in [2.05, 4.69) is 20.8 Å². The molecule has 0 aliphatic carbocycles. The van der Waals surface area contributed by atoms with Gasteiger partial charge in [-0.3, -0.25) is 9.59 Å². The van der Waals surface area contributed by atoms with Crippen molar-refractivity contribution in [2.75, 3.05) is 26.2 Å². The van der Waals surface area contributed by atoms with Crippen molar-refractivity contribution in [3.05, 3.63) is 0 Å². The molecule has 19 heavy (non-hydrogen) atoms. The molecule has 0 radical (unpaired) electrons. The maximum Gasteiger partial charge on any atom is 0.228 e. The van der Waals surface area contributed by atoms with Gasteiger partial charge in [0.05, 0.1) is 5.92 Å². The number of rotatable bonds is 3. The summed E-state index contributed by atoms with van der Waals surface area (Å²) < 4.78 is 0. The number of hydrogen-bond acceptors (Lipinski definition) is 2. The minimum absolute atomic E-state index is 0.100. The third-order valence-electron chi connectivity index (χ3n) is 4.12. The lowest BCUT2D eigenvalue weighted by Crippen LogP contribution is -2.43. The molecular weight excluding hydrogens is 240 g/mol. The number of hydrogen-bond donors (Lipinski definition) is 0. The van der Waals surface area contributed by atoms with Crippen molar-refractivity contribution in [1.82, 2.24) is 9.80 Å². The van der Waals surface area contributed by atoms with Crippen molar-refractivity contribution in [1.29, 1.82) is 0 Å². The highest BCUT2D eigenvalue weighted by Gasteiger charge is 2.37. The molecule has 0 aromatic heterocycles. The van der Waals surface area contributed by atoms with E-state index in [4.69, 9.17) is 0 Å². The predicted molar refractivity (Wildman–Crippen MR) is 74.5 cm³/mol. The van der Waals surface area contributed by atoms with Crippen molar-refractivity contribution < 1.29 is 9.59 Å². The Balaban J connectivity index is 1.92. The van der Waals surface area contributed by atoms with Gasteiger partial charge >= 0.3 is 0 Å². The van der Waals surface area contributed by atoms with Gasteiger partial charge in [-0.25, -0.2) is 0 Å². The summed E-state index contributed by atoms with van der Waals surface area (Å²) in [5.74, 6) is 1.31. The second-order valence-corrected chi connectivity index (χ2v) is 6.63. The van der Waals surface area contributed by atoms with Gasteiger partial charge in [0.2, 0.25) is 11.8 Å². The predicted octanol–water partition coefficient (Wildman–Crippen LogP) is 1.75. The summed E-state index contributed by atoms with van der Waals surface area (Å²) in [6, 6.07) is 0. The minimum Gasteiger partial charge on any atom is -0.342 e. The summed E-state index contributed by atoms with van der Waals surface area (Å²) in [6.45, 7) is 9.55. The number of amides is 2. The summed E-state index contributed by atoms with van der Waals surface area (Å²) in [5.41, 5.74) is 0. The fourth-order valence-corrected chi connectivity index (χ4v) is 3.20. The van der Waals surface area contributed by atoms with E-state index in [0.29, 0.717) is 24.8 Å². The molecule has 2 aliphatic rings. The Morgan fingerprint density at radius 1 is 1.37 bits per heavy atom. The average Bonchev–Trinajstić information content (AvgIpc) is 2.69. The zero-order valence-corrected chi connectivity index (χ0v) is 12.4. The molecular formula is C15H26N2O2. The Morgan fingerprint density at radius 3 is 2.74 bits per heavy atom. The van der Waals surface area contributed by atoms with Crippen LogP contribution < -0.4 is 0 Å². The normalized spacial score (nSPS) is 28.3. The van der Waals surface area contributed by atoms with Crippen LogP contribution in [0.25, 0.3) is 0 Å². The van der Waals surface area contributed by atoms with E-state index >= 15 is 0 Å². The lowest BCUT2D eigenvalue weighted by Gasteiger charge is -2.32. The number of piperidine rings is 1. The quantitative estimate of drug-likeness (QED) is 0.781. The number of carbonyl (C=O) groups excluding carboxylic acids is 2. The molecule has 2 aliphatic heterocycles. The van der Waals surface area contributed by atoms with Crippen LogP contribution in [0, 0.1) is 17.8 Å². The zero-order valence-electron chi connectivity index (χ0n) is 12.4. The standard InChI is InChI=1S/C15H26N2O2/c1-11(2)8-17-10-13(7-14(17)18)15(19)16-6-4-5-12(3)9-16/h11-13H,4-10H2,1-3H3. The molecule has 0 saturated carbocycles. The molecule has 2 amide bonds. The van der Waals surface area contributed by atoms with E-state index in [1.165, 1.54) is 6.42 Å². The van der Waals surface area contributed by atoms with Gasteiger partial charge in [-0.2, -0.15) is 0 Å². The maximum absolute atomic E-state index is 12.5. The molecule has 4 heteroatoms. The van der Waals surface area contributed by atoms with Gasteiger partial charge in [0, 0.05) is 32.6 Å². The van der Waals surface area contributed by atoms with Crippen molar-refractivity contribution >= 4 is 11.8 Å². The van der Waals surface area contributed by atoms with Crippen molar-refractivity contribution in [2.45, 2.75) is 40.0 Å². The van der Waals surface area contributed by atoms with E-state index in [1.807, 2.05) is 9.80 Å².